The molecule has 3 aromatic heterocycles. The largest absolute Gasteiger partial charge is 0.467 e. The Balaban J connectivity index is 1.56. The highest BCUT2D eigenvalue weighted by molar-refractivity contribution is 8.00. The number of fused-ring (bicyclic) bond motifs is 1. The number of amides is 1. The SMILES string of the molecule is Cc1ccc(C)c(NC(=O)CSc2ncnc3c2c(C)c(C)n3Cc2ccco2)c1. The minimum Gasteiger partial charge on any atom is -0.467 e. The molecule has 0 spiro atoms. The van der Waals surface area contributed by atoms with Crippen LogP contribution < -0.4 is 5.32 Å². The van der Waals surface area contributed by atoms with Crippen molar-refractivity contribution in [2.45, 2.75) is 39.3 Å². The van der Waals surface area contributed by atoms with Gasteiger partial charge in [0.15, 0.2) is 0 Å². The summed E-state index contributed by atoms with van der Waals surface area (Å²) in [6.45, 7) is 8.75. The maximum Gasteiger partial charge on any atom is 0.234 e. The Morgan fingerprint density at radius 2 is 2.00 bits per heavy atom. The first kappa shape index (κ1) is 20.2. The van der Waals surface area contributed by atoms with Crippen molar-refractivity contribution in [3.63, 3.8) is 0 Å². The summed E-state index contributed by atoms with van der Waals surface area (Å²) in [6, 6.07) is 9.88. The molecule has 0 saturated heterocycles. The molecule has 0 bridgehead atoms. The highest BCUT2D eigenvalue weighted by Crippen LogP contribution is 2.32. The lowest BCUT2D eigenvalue weighted by Crippen LogP contribution is -2.15. The second kappa shape index (κ2) is 8.36. The fourth-order valence-corrected chi connectivity index (χ4v) is 4.34. The van der Waals surface area contributed by atoms with Crippen LogP contribution in [0.1, 0.15) is 28.1 Å². The molecule has 4 rings (SSSR count). The van der Waals surface area contributed by atoms with E-state index >= 15 is 0 Å². The fourth-order valence-electron chi connectivity index (χ4n) is 3.49. The molecule has 0 radical (unpaired) electrons. The van der Waals surface area contributed by atoms with Crippen molar-refractivity contribution in [3.8, 4) is 0 Å². The topological polar surface area (TPSA) is 73.0 Å². The van der Waals surface area contributed by atoms with E-state index in [0.717, 1.165) is 49.9 Å². The van der Waals surface area contributed by atoms with E-state index in [4.69, 9.17) is 4.42 Å². The van der Waals surface area contributed by atoms with Gasteiger partial charge in [-0.1, -0.05) is 23.9 Å². The Morgan fingerprint density at radius 1 is 1.17 bits per heavy atom. The zero-order chi connectivity index (χ0) is 21.3. The number of aromatic nitrogens is 3. The lowest BCUT2D eigenvalue weighted by atomic mass is 10.1. The molecule has 0 aliphatic rings. The van der Waals surface area contributed by atoms with Crippen molar-refractivity contribution in [1.82, 2.24) is 14.5 Å². The summed E-state index contributed by atoms with van der Waals surface area (Å²) in [6.07, 6.45) is 3.23. The van der Waals surface area contributed by atoms with Crippen LogP contribution in [0.3, 0.4) is 0 Å². The van der Waals surface area contributed by atoms with Gasteiger partial charge in [-0.05, 0) is 62.6 Å². The zero-order valence-corrected chi connectivity index (χ0v) is 18.3. The summed E-state index contributed by atoms with van der Waals surface area (Å²) in [5, 5.41) is 4.82. The molecule has 4 aromatic rings. The summed E-state index contributed by atoms with van der Waals surface area (Å²) < 4.78 is 7.64. The van der Waals surface area contributed by atoms with E-state index in [1.807, 2.05) is 44.2 Å². The molecule has 3 heterocycles. The van der Waals surface area contributed by atoms with Crippen LogP contribution in [-0.2, 0) is 11.3 Å². The van der Waals surface area contributed by atoms with Crippen molar-refractivity contribution < 1.29 is 9.21 Å². The molecule has 6 nitrogen and oxygen atoms in total. The van der Waals surface area contributed by atoms with Gasteiger partial charge in [0.05, 0.1) is 23.9 Å². The lowest BCUT2D eigenvalue weighted by Gasteiger charge is -2.09. The normalized spacial score (nSPS) is 11.2. The monoisotopic (exact) mass is 420 g/mol. The third-order valence-corrected chi connectivity index (χ3v) is 6.26. The molecule has 1 N–H and O–H groups in total. The first-order valence-corrected chi connectivity index (χ1v) is 10.7. The number of nitrogens with one attached hydrogen (secondary N) is 1. The van der Waals surface area contributed by atoms with Gasteiger partial charge in [-0.2, -0.15) is 0 Å². The number of hydrogen-bond acceptors (Lipinski definition) is 5. The molecule has 0 saturated carbocycles. The molecule has 154 valence electrons. The van der Waals surface area contributed by atoms with Crippen LogP contribution in [-0.4, -0.2) is 26.2 Å². The smallest absolute Gasteiger partial charge is 0.234 e. The van der Waals surface area contributed by atoms with Crippen LogP contribution in [0.15, 0.2) is 52.4 Å². The molecular weight excluding hydrogens is 396 g/mol. The summed E-state index contributed by atoms with van der Waals surface area (Å²) >= 11 is 1.43. The van der Waals surface area contributed by atoms with Gasteiger partial charge in [0.25, 0.3) is 0 Å². The summed E-state index contributed by atoms with van der Waals surface area (Å²) in [7, 11) is 0. The van der Waals surface area contributed by atoms with E-state index in [0.29, 0.717) is 6.54 Å². The Morgan fingerprint density at radius 3 is 2.77 bits per heavy atom. The quantitative estimate of drug-likeness (QED) is 0.350. The Bertz CT molecular complexity index is 1210. The molecule has 0 unspecified atom stereocenters. The Kier molecular flexibility index (Phi) is 5.63. The number of thioether (sulfide) groups is 1. The van der Waals surface area contributed by atoms with Gasteiger partial charge in [-0.3, -0.25) is 4.79 Å². The maximum absolute atomic E-state index is 12.6. The molecule has 0 aliphatic heterocycles. The average Bonchev–Trinajstić information content (AvgIpc) is 3.32. The van der Waals surface area contributed by atoms with E-state index in [1.54, 1.807) is 12.6 Å². The number of hydrogen-bond donors (Lipinski definition) is 1. The molecule has 0 fully saturated rings. The van der Waals surface area contributed by atoms with Crippen molar-refractivity contribution in [2.75, 3.05) is 11.1 Å². The van der Waals surface area contributed by atoms with E-state index < -0.39 is 0 Å². The standard InChI is InChI=1S/C23H24N4O2S/c1-14-7-8-15(2)19(10-14)26-20(28)12-30-23-21-16(3)17(4)27(22(21)24-13-25-23)11-18-6-5-9-29-18/h5-10,13H,11-12H2,1-4H3,(H,26,28). The Hall–Kier alpha value is -3.06. The van der Waals surface area contributed by atoms with E-state index in [1.165, 1.54) is 11.8 Å². The first-order valence-electron chi connectivity index (χ1n) is 9.76. The third-order valence-electron chi connectivity index (χ3n) is 5.27. The number of carbonyl (C=O) groups excluding carboxylic acids is 1. The second-order valence-electron chi connectivity index (χ2n) is 7.41. The Labute approximate surface area is 179 Å². The number of benzene rings is 1. The second-order valence-corrected chi connectivity index (χ2v) is 8.37. The summed E-state index contributed by atoms with van der Waals surface area (Å²) in [5.74, 6) is 1.10. The molecule has 0 aliphatic carbocycles. The molecular formula is C23H24N4O2S. The number of nitrogens with zero attached hydrogens (tertiary/aromatic N) is 3. The van der Waals surface area contributed by atoms with Gasteiger partial charge < -0.3 is 14.3 Å². The average molecular weight is 421 g/mol. The minimum absolute atomic E-state index is 0.0511. The van der Waals surface area contributed by atoms with Gasteiger partial charge in [0.1, 0.15) is 22.8 Å². The van der Waals surface area contributed by atoms with Crippen LogP contribution in [0.25, 0.3) is 11.0 Å². The molecule has 30 heavy (non-hydrogen) atoms. The van der Waals surface area contributed by atoms with Gasteiger partial charge in [-0.25, -0.2) is 9.97 Å². The van der Waals surface area contributed by atoms with Crippen molar-refractivity contribution in [1.29, 1.82) is 0 Å². The molecule has 0 atom stereocenters. The molecule has 7 heteroatoms. The first-order chi connectivity index (χ1) is 14.4. The number of rotatable bonds is 6. The fraction of sp³-hybridized carbons (Fsp3) is 0.261. The van der Waals surface area contributed by atoms with Crippen molar-refractivity contribution in [3.05, 3.63) is 71.1 Å². The van der Waals surface area contributed by atoms with E-state index in [9.17, 15) is 4.79 Å². The maximum atomic E-state index is 12.6. The highest BCUT2D eigenvalue weighted by atomic mass is 32.2. The number of carbonyl (C=O) groups is 1. The zero-order valence-electron chi connectivity index (χ0n) is 17.5. The number of aryl methyl sites for hydroxylation is 3. The van der Waals surface area contributed by atoms with Crippen LogP contribution >= 0.6 is 11.8 Å². The summed E-state index contributed by atoms with van der Waals surface area (Å²) in [4.78, 5) is 21.5. The predicted molar refractivity (Wildman–Crippen MR) is 120 cm³/mol. The number of anilines is 1. The van der Waals surface area contributed by atoms with Crippen LogP contribution in [0.5, 0.6) is 0 Å². The van der Waals surface area contributed by atoms with Crippen LogP contribution in [0, 0.1) is 27.7 Å². The lowest BCUT2D eigenvalue weighted by molar-refractivity contribution is -0.113. The molecule has 1 amide bonds. The van der Waals surface area contributed by atoms with Gasteiger partial charge in [0, 0.05) is 11.4 Å². The third kappa shape index (κ3) is 3.98. The predicted octanol–water partition coefficient (Wildman–Crippen LogP) is 5.04. The molecule has 1 aromatic carbocycles. The van der Waals surface area contributed by atoms with Crippen molar-refractivity contribution in [2.24, 2.45) is 0 Å². The van der Waals surface area contributed by atoms with Gasteiger partial charge >= 0.3 is 0 Å². The van der Waals surface area contributed by atoms with Crippen LogP contribution in [0.4, 0.5) is 5.69 Å². The van der Waals surface area contributed by atoms with E-state index in [2.05, 4.69) is 33.7 Å². The van der Waals surface area contributed by atoms with Crippen molar-refractivity contribution >= 4 is 34.4 Å². The van der Waals surface area contributed by atoms with E-state index in [-0.39, 0.29) is 11.7 Å². The van der Waals surface area contributed by atoms with Crippen LogP contribution in [0.2, 0.25) is 0 Å². The minimum atomic E-state index is -0.0511. The highest BCUT2D eigenvalue weighted by Gasteiger charge is 2.18. The van der Waals surface area contributed by atoms with Gasteiger partial charge in [0.2, 0.25) is 5.91 Å². The summed E-state index contributed by atoms with van der Waals surface area (Å²) in [5.41, 5.74) is 6.10. The number of furan rings is 1. The van der Waals surface area contributed by atoms with Gasteiger partial charge in [-0.15, -0.1) is 0 Å².